The first-order chi connectivity index (χ1) is 37.2. The highest BCUT2D eigenvalue weighted by Gasteiger charge is 2.48. The Bertz CT molecular complexity index is 2230. The summed E-state index contributed by atoms with van der Waals surface area (Å²) in [6.45, 7) is 18.4. The molecule has 0 unspecified atom stereocenters. The summed E-state index contributed by atoms with van der Waals surface area (Å²) in [4.78, 5) is 49.1. The molecule has 3 fully saturated rings. The van der Waals surface area contributed by atoms with Crippen molar-refractivity contribution in [1.82, 2.24) is 20.5 Å². The summed E-state index contributed by atoms with van der Waals surface area (Å²) in [5.74, 6) is -2.71. The van der Waals surface area contributed by atoms with E-state index in [-0.39, 0.29) is 48.3 Å². The van der Waals surface area contributed by atoms with E-state index >= 15 is 0 Å². The largest absolute Gasteiger partial charge is 0.459 e. The number of hydrogen-bond donors (Lipinski definition) is 6. The van der Waals surface area contributed by atoms with Gasteiger partial charge >= 0.3 is 5.97 Å². The summed E-state index contributed by atoms with van der Waals surface area (Å²) in [6.07, 6.45) is 8.08. The predicted octanol–water partition coefficient (Wildman–Crippen LogP) is 6.53. The van der Waals surface area contributed by atoms with Gasteiger partial charge in [0.1, 0.15) is 37.3 Å². The number of amides is 2. The van der Waals surface area contributed by atoms with Crippen LogP contribution in [0.3, 0.4) is 0 Å². The van der Waals surface area contributed by atoms with Gasteiger partial charge in [-0.05, 0) is 97.4 Å². The monoisotopic (exact) mass is 1120 g/mol. The van der Waals surface area contributed by atoms with Crippen molar-refractivity contribution in [2.24, 2.45) is 28.8 Å². The second kappa shape index (κ2) is 31.5. The lowest BCUT2D eigenvalue weighted by molar-refractivity contribution is -0.266. The molecule has 19 nitrogen and oxygen atoms in total. The van der Waals surface area contributed by atoms with E-state index in [0.717, 1.165) is 24.0 Å². The van der Waals surface area contributed by atoms with Crippen molar-refractivity contribution in [2.75, 3.05) is 48.6 Å². The lowest BCUT2D eigenvalue weighted by Crippen LogP contribution is -2.56. The van der Waals surface area contributed by atoms with Crippen LogP contribution >= 0.6 is 0 Å². The number of terminal acetylenes is 1. The molecule has 0 aliphatic carbocycles. The fourth-order valence-corrected chi connectivity index (χ4v) is 11.3. The second-order valence-electron chi connectivity index (χ2n) is 22.4. The molecule has 0 spiro atoms. The highest BCUT2D eigenvalue weighted by Crippen LogP contribution is 2.39. The molecule has 3 aliphatic heterocycles. The normalized spacial score (nSPS) is 34.0. The Kier molecular flexibility index (Phi) is 27.4. The van der Waals surface area contributed by atoms with Gasteiger partial charge in [-0.15, -0.1) is 12.8 Å². The van der Waals surface area contributed by atoms with Crippen LogP contribution in [0.5, 0.6) is 0 Å². The standard InChI is InChI=1S/C31H57NO9.C26H35FN4O5.C2H2/c1-13-23-31(9,35)27(33)21(5)25(32-38-12)18(2)14-29(7,36-10)15-19(3)26(22(6)28(34)40-23)41-24-17-30(8,37-11)16-20(4)39-24;1-16-12-20(13-24(33)36-16)31(3)11-10-23(32)30-22(14-27)25(34)18-6-4-17(5-7-18)19-8-9-21(29-15-19)26(35)28-2;1-2/h18-24,26-27,33,35H,13-17H2,1-12H3;4-9,15-16,20,22,24-25,33-34H,10-14H2,1-3H3,(H,28,35)(H,30,32);1-2H/b32-25-;;/t18-,19-,20+,21+,22-,23-,24+,26+,27-,29-,30+,31-;16-,20+,22-,24-,25-;/m11./s1. The third-order valence-corrected chi connectivity index (χ3v) is 15.9. The number of carbonyl (C=O) groups is 3. The molecule has 17 atom stereocenters. The van der Waals surface area contributed by atoms with Crippen LogP contribution in [0, 0.1) is 36.5 Å². The molecule has 3 aliphatic rings. The summed E-state index contributed by atoms with van der Waals surface area (Å²) in [7, 11) is 8.25. The quantitative estimate of drug-likeness (QED) is 0.0594. The molecule has 0 bridgehead atoms. The number of methoxy groups -OCH3 is 2. The van der Waals surface area contributed by atoms with E-state index in [0.29, 0.717) is 55.6 Å². The van der Waals surface area contributed by atoms with Gasteiger partial charge in [-0.3, -0.25) is 19.4 Å². The zero-order valence-electron chi connectivity index (χ0n) is 49.4. The fourth-order valence-electron chi connectivity index (χ4n) is 11.3. The number of esters is 1. The number of benzene rings is 1. The average Bonchev–Trinajstić information content (AvgIpc) is 3.45. The summed E-state index contributed by atoms with van der Waals surface area (Å²) >= 11 is 0. The number of halogens is 1. The third-order valence-electron chi connectivity index (χ3n) is 15.9. The Labute approximate surface area is 469 Å². The number of pyridine rings is 1. The first-order valence-electron chi connectivity index (χ1n) is 27.5. The second-order valence-corrected chi connectivity index (χ2v) is 22.4. The van der Waals surface area contributed by atoms with E-state index in [1.807, 2.05) is 60.4 Å². The maximum Gasteiger partial charge on any atom is 0.311 e. The minimum absolute atomic E-state index is 0.0642. The van der Waals surface area contributed by atoms with Gasteiger partial charge in [-0.25, -0.2) is 4.39 Å². The van der Waals surface area contributed by atoms with E-state index in [9.17, 15) is 39.2 Å². The van der Waals surface area contributed by atoms with E-state index in [1.165, 1.54) is 21.1 Å². The predicted molar refractivity (Wildman–Crippen MR) is 299 cm³/mol. The molecule has 0 radical (unpaired) electrons. The Morgan fingerprint density at radius 2 is 1.52 bits per heavy atom. The number of aliphatic hydroxyl groups is 4. The number of cyclic esters (lactones) is 1. The number of oxime groups is 1. The van der Waals surface area contributed by atoms with Crippen LogP contribution in [-0.2, 0) is 42.8 Å². The van der Waals surface area contributed by atoms with Crippen LogP contribution < -0.4 is 10.6 Å². The molecular formula is C59H94FN5O14. The smallest absolute Gasteiger partial charge is 0.311 e. The van der Waals surface area contributed by atoms with Gasteiger partial charge in [-0.2, -0.15) is 0 Å². The highest BCUT2D eigenvalue weighted by atomic mass is 19.1. The number of ether oxygens (including phenoxy) is 6. The summed E-state index contributed by atoms with van der Waals surface area (Å²) in [5.41, 5.74) is 0.190. The number of aliphatic hydroxyl groups excluding tert-OH is 3. The molecule has 3 saturated heterocycles. The molecule has 2 amide bonds. The van der Waals surface area contributed by atoms with Gasteiger partial charge < -0.3 is 69.2 Å². The summed E-state index contributed by atoms with van der Waals surface area (Å²) in [5, 5.41) is 52.9. The number of aromatic nitrogens is 1. The molecule has 4 heterocycles. The van der Waals surface area contributed by atoms with Gasteiger partial charge in [0.2, 0.25) is 5.91 Å². The minimum atomic E-state index is -1.75. The number of carbonyl (C=O) groups excluding carboxylic acids is 3. The molecule has 2 aromatic rings. The van der Waals surface area contributed by atoms with E-state index in [1.54, 1.807) is 70.7 Å². The maximum absolute atomic E-state index is 13.7. The molecular weight excluding hydrogens is 1020 g/mol. The molecule has 1 aromatic heterocycles. The van der Waals surface area contributed by atoms with Crippen molar-refractivity contribution in [1.29, 1.82) is 0 Å². The minimum Gasteiger partial charge on any atom is -0.459 e. The van der Waals surface area contributed by atoms with Crippen molar-refractivity contribution < 1.29 is 72.5 Å². The number of nitrogens with zero attached hydrogens (tertiary/aromatic N) is 3. The topological polar surface area (TPSA) is 249 Å². The van der Waals surface area contributed by atoms with Crippen molar-refractivity contribution >= 4 is 23.5 Å². The molecule has 446 valence electrons. The molecule has 6 N–H and O–H groups in total. The van der Waals surface area contributed by atoms with Gasteiger partial charge in [0.15, 0.2) is 12.6 Å². The van der Waals surface area contributed by atoms with Gasteiger partial charge in [-0.1, -0.05) is 63.2 Å². The van der Waals surface area contributed by atoms with Crippen LogP contribution in [0.15, 0.2) is 47.8 Å². The summed E-state index contributed by atoms with van der Waals surface area (Å²) in [6, 6.07) is 9.29. The summed E-state index contributed by atoms with van der Waals surface area (Å²) < 4.78 is 49.7. The number of nitrogens with one attached hydrogen (secondary N) is 2. The van der Waals surface area contributed by atoms with E-state index in [4.69, 9.17) is 33.3 Å². The van der Waals surface area contributed by atoms with Crippen LogP contribution in [-0.4, -0.2) is 174 Å². The maximum atomic E-state index is 13.7. The molecule has 79 heavy (non-hydrogen) atoms. The van der Waals surface area contributed by atoms with Crippen molar-refractivity contribution in [3.63, 3.8) is 0 Å². The van der Waals surface area contributed by atoms with Crippen LogP contribution in [0.2, 0.25) is 0 Å². The Hall–Kier alpha value is -4.66. The first kappa shape index (κ1) is 68.6. The Morgan fingerprint density at radius 3 is 2.06 bits per heavy atom. The molecule has 5 rings (SSSR count). The number of hydrogen-bond acceptors (Lipinski definition) is 17. The SMILES string of the molecule is C#C.CC[C@H]1OC(=O)[C@H](C)[C@@H](O[C@H]2C[C@@](C)(OC)C[C@H](C)O2)[C@H](C)C[C@](C)(OC)C[C@@H](C)/C(=N/OC)[C@H](C)[C@@H](O)[C@]1(C)O.CNC(=O)c1ccc(-c2ccc([C@@H](O)[C@@H](CF)NC(=O)CCN(C)[C@H]3C[C@@H](C)O[C@@H](O)C3)cc2)cn1. The van der Waals surface area contributed by atoms with Crippen LogP contribution in [0.1, 0.15) is 143 Å². The zero-order chi connectivity index (χ0) is 59.6. The molecule has 1 aromatic carbocycles. The van der Waals surface area contributed by atoms with Gasteiger partial charge in [0, 0.05) is 83.1 Å². The third kappa shape index (κ3) is 19.2. The van der Waals surface area contributed by atoms with Gasteiger partial charge in [0.05, 0.1) is 53.3 Å². The number of alkyl halides is 1. The van der Waals surface area contributed by atoms with Crippen molar-refractivity contribution in [2.45, 2.75) is 199 Å². The van der Waals surface area contributed by atoms with E-state index in [2.05, 4.69) is 33.6 Å². The molecule has 20 heteroatoms. The molecule has 0 saturated carbocycles. The number of rotatable bonds is 16. The van der Waals surface area contributed by atoms with Gasteiger partial charge in [0.25, 0.3) is 5.91 Å². The average molecular weight is 1120 g/mol. The Balaban J connectivity index is 0.000000405. The van der Waals surface area contributed by atoms with Crippen molar-refractivity contribution in [3.8, 4) is 24.0 Å². The highest BCUT2D eigenvalue weighted by molar-refractivity contribution is 5.92. The lowest BCUT2D eigenvalue weighted by Gasteiger charge is -2.44. The zero-order valence-corrected chi connectivity index (χ0v) is 49.4. The lowest BCUT2D eigenvalue weighted by atomic mass is 9.75. The van der Waals surface area contributed by atoms with Crippen molar-refractivity contribution in [3.05, 3.63) is 53.9 Å². The van der Waals surface area contributed by atoms with Crippen LogP contribution in [0.4, 0.5) is 4.39 Å². The first-order valence-corrected chi connectivity index (χ1v) is 27.5. The Morgan fingerprint density at radius 1 is 0.899 bits per heavy atom. The van der Waals surface area contributed by atoms with E-state index < -0.39 is 84.3 Å². The fraction of sp³-hybridized carbons (Fsp3) is 0.712. The van der Waals surface area contributed by atoms with Crippen LogP contribution in [0.25, 0.3) is 11.1 Å².